The van der Waals surface area contributed by atoms with E-state index in [-0.39, 0.29) is 9.90 Å². The van der Waals surface area contributed by atoms with Crippen molar-refractivity contribution in [1.82, 2.24) is 0 Å². The highest BCUT2D eigenvalue weighted by Gasteiger charge is 2.20. The molecule has 0 rings (SSSR count). The van der Waals surface area contributed by atoms with Crippen LogP contribution in [0.25, 0.3) is 0 Å². The number of aliphatic hydroxyl groups is 5. The zero-order valence-corrected chi connectivity index (χ0v) is 8.26. The van der Waals surface area contributed by atoms with Crippen LogP contribution < -0.4 is 5.73 Å². The van der Waals surface area contributed by atoms with Gasteiger partial charge in [0.15, 0.2) is 0 Å². The summed E-state index contributed by atoms with van der Waals surface area (Å²) in [6, 6.07) is 0. The van der Waals surface area contributed by atoms with Gasteiger partial charge >= 0.3 is 0 Å². The van der Waals surface area contributed by atoms with Gasteiger partial charge in [-0.3, -0.25) is 0 Å². The Kier molecular flexibility index (Phi) is 16.9. The van der Waals surface area contributed by atoms with Crippen LogP contribution in [0.4, 0.5) is 0 Å². The van der Waals surface area contributed by atoms with E-state index in [2.05, 4.69) is 0 Å². The summed E-state index contributed by atoms with van der Waals surface area (Å²) in [5.41, 5.74) is 3.94. The molecule has 0 saturated carbocycles. The summed E-state index contributed by atoms with van der Waals surface area (Å²) in [7, 11) is 0. The Hall–Kier alpha value is 0.190. The van der Waals surface area contributed by atoms with Gasteiger partial charge < -0.3 is 31.3 Å². The van der Waals surface area contributed by atoms with E-state index in [0.717, 1.165) is 0 Å². The summed E-state index contributed by atoms with van der Waals surface area (Å²) < 4.78 is 0. The maximum absolute atomic E-state index is 8.34. The van der Waals surface area contributed by atoms with Crippen molar-refractivity contribution >= 4 is 9.90 Å². The number of rotatable bonds is 3. The predicted octanol–water partition coefficient (Wildman–Crippen LogP) is -3.35. The van der Waals surface area contributed by atoms with Crippen molar-refractivity contribution in [2.75, 3.05) is 26.6 Å². The highest BCUT2D eigenvalue weighted by molar-refractivity contribution is 6.92. The van der Waals surface area contributed by atoms with Gasteiger partial charge in [0.05, 0.1) is 25.4 Å². The molecule has 0 aromatic rings. The van der Waals surface area contributed by atoms with Gasteiger partial charge in [-0.25, -0.2) is 0 Å². The average molecular weight is 203 g/mol. The van der Waals surface area contributed by atoms with Gasteiger partial charge in [-0.1, -0.05) is 0 Å². The molecule has 7 heteroatoms. The smallest absolute Gasteiger partial charge is 0.140 e. The van der Waals surface area contributed by atoms with Gasteiger partial charge in [-0.05, 0) is 0 Å². The molecule has 0 radical (unpaired) electrons. The summed E-state index contributed by atoms with van der Waals surface area (Å²) in [5.74, 6) is 0. The second kappa shape index (κ2) is 11.2. The van der Waals surface area contributed by atoms with E-state index in [9.17, 15) is 0 Å². The first-order valence-corrected chi connectivity index (χ1v) is 2.93. The molecule has 0 aliphatic heterocycles. The third-order valence-electron chi connectivity index (χ3n) is 0.945. The van der Waals surface area contributed by atoms with Crippen molar-refractivity contribution in [2.24, 2.45) is 5.73 Å². The van der Waals surface area contributed by atoms with Gasteiger partial charge in [0.2, 0.25) is 0 Å². The van der Waals surface area contributed by atoms with Crippen molar-refractivity contribution in [3.05, 3.63) is 0 Å². The number of aliphatic hydroxyl groups excluding tert-OH is 4. The highest BCUT2D eigenvalue weighted by Crippen LogP contribution is 1.93. The Morgan fingerprint density at radius 2 is 1.00 bits per heavy atom. The van der Waals surface area contributed by atoms with E-state index in [1.54, 1.807) is 0 Å². The van der Waals surface area contributed by atoms with Crippen LogP contribution in [0.15, 0.2) is 0 Å². The molecule has 1 unspecified atom stereocenters. The van der Waals surface area contributed by atoms with Crippen LogP contribution in [0, 0.1) is 0 Å². The molecule has 0 bridgehead atoms. The lowest BCUT2D eigenvalue weighted by molar-refractivity contribution is 0.0697. The van der Waals surface area contributed by atoms with Gasteiger partial charge in [-0.15, -0.1) is 0 Å². The SMILES string of the molecule is NC(CO)(CO)CO.OCO.P. The predicted molar refractivity (Wildman–Crippen MR) is 48.6 cm³/mol. The molecule has 0 aromatic heterocycles. The average Bonchev–Trinajstić information content (AvgIpc) is 2.05. The van der Waals surface area contributed by atoms with Crippen LogP contribution >= 0.6 is 9.90 Å². The van der Waals surface area contributed by atoms with Crippen LogP contribution in [0.1, 0.15) is 0 Å². The Balaban J connectivity index is -0.000000177. The summed E-state index contributed by atoms with van der Waals surface area (Å²) in [4.78, 5) is 0. The Labute approximate surface area is 74.3 Å². The molecule has 12 heavy (non-hydrogen) atoms. The minimum atomic E-state index is -1.21. The molecule has 0 heterocycles. The quantitative estimate of drug-likeness (QED) is 0.210. The zero-order valence-electron chi connectivity index (χ0n) is 6.85. The van der Waals surface area contributed by atoms with E-state index in [0.29, 0.717) is 0 Å². The Morgan fingerprint density at radius 3 is 1.00 bits per heavy atom. The van der Waals surface area contributed by atoms with Crippen molar-refractivity contribution < 1.29 is 25.5 Å². The molecular weight excluding hydrogens is 185 g/mol. The van der Waals surface area contributed by atoms with Crippen molar-refractivity contribution in [3.63, 3.8) is 0 Å². The van der Waals surface area contributed by atoms with Crippen LogP contribution in [-0.4, -0.2) is 57.7 Å². The van der Waals surface area contributed by atoms with E-state index >= 15 is 0 Å². The first-order valence-electron chi connectivity index (χ1n) is 2.93. The van der Waals surface area contributed by atoms with Gasteiger partial charge in [-0.2, -0.15) is 9.90 Å². The zero-order chi connectivity index (χ0) is 9.33. The van der Waals surface area contributed by atoms with Gasteiger partial charge in [0, 0.05) is 0 Å². The molecule has 1 atom stereocenters. The molecule has 0 saturated heterocycles. The summed E-state index contributed by atoms with van der Waals surface area (Å²) in [6.45, 7) is -1.96. The monoisotopic (exact) mass is 203 g/mol. The highest BCUT2D eigenvalue weighted by atomic mass is 31.0. The van der Waals surface area contributed by atoms with Gasteiger partial charge in [0.25, 0.3) is 0 Å². The molecule has 6 nitrogen and oxygen atoms in total. The minimum absolute atomic E-state index is 0. The van der Waals surface area contributed by atoms with Crippen molar-refractivity contribution in [1.29, 1.82) is 0 Å². The number of nitrogens with two attached hydrogens (primary N) is 1. The maximum Gasteiger partial charge on any atom is 0.140 e. The van der Waals surface area contributed by atoms with Crippen LogP contribution in [0.5, 0.6) is 0 Å². The van der Waals surface area contributed by atoms with Crippen molar-refractivity contribution in [2.45, 2.75) is 5.54 Å². The minimum Gasteiger partial charge on any atom is -0.394 e. The molecule has 0 spiro atoms. The maximum atomic E-state index is 8.34. The first kappa shape index (κ1) is 18.1. The molecule has 0 amide bonds. The van der Waals surface area contributed by atoms with Crippen LogP contribution in [-0.2, 0) is 0 Å². The summed E-state index contributed by atoms with van der Waals surface area (Å²) in [6.07, 6.45) is 0. The van der Waals surface area contributed by atoms with E-state index in [4.69, 9.17) is 31.3 Å². The molecule has 0 aliphatic carbocycles. The lowest BCUT2D eigenvalue weighted by Gasteiger charge is -2.20. The summed E-state index contributed by atoms with van der Waals surface area (Å²) >= 11 is 0. The van der Waals surface area contributed by atoms with Crippen LogP contribution in [0.3, 0.4) is 0 Å². The lowest BCUT2D eigenvalue weighted by atomic mass is 10.1. The summed E-state index contributed by atoms with van der Waals surface area (Å²) in [5, 5.41) is 39.3. The molecule has 0 aliphatic rings. The molecule has 78 valence electrons. The Bertz CT molecular complexity index is 72.0. The first-order chi connectivity index (χ1) is 5.10. The lowest BCUT2D eigenvalue weighted by Crippen LogP contribution is -2.50. The molecular formula is C5H18NO5P. The fourth-order valence-corrected chi connectivity index (χ4v) is 0.150. The Morgan fingerprint density at radius 1 is 0.833 bits per heavy atom. The van der Waals surface area contributed by atoms with Crippen LogP contribution in [0.2, 0.25) is 0 Å². The third kappa shape index (κ3) is 10.2. The van der Waals surface area contributed by atoms with E-state index in [1.807, 2.05) is 0 Å². The molecule has 0 fully saturated rings. The normalized spacial score (nSPS) is 9.50. The van der Waals surface area contributed by atoms with Gasteiger partial charge in [0.1, 0.15) is 6.79 Å². The largest absolute Gasteiger partial charge is 0.394 e. The molecule has 0 aromatic carbocycles. The number of hydrogen-bond donors (Lipinski definition) is 6. The molecule has 7 N–H and O–H groups in total. The standard InChI is InChI=1S/C4H11NO3.CH4O2.H3P/c5-4(1-6,2-7)3-8;2-1-3;/h6-8H,1-3,5H2;2-3H,1H2;1H3. The van der Waals surface area contributed by atoms with Crippen molar-refractivity contribution in [3.8, 4) is 0 Å². The third-order valence-corrected chi connectivity index (χ3v) is 0.945. The second-order valence-electron chi connectivity index (χ2n) is 1.98. The second-order valence-corrected chi connectivity index (χ2v) is 1.98. The number of hydrogen-bond acceptors (Lipinski definition) is 6. The van der Waals surface area contributed by atoms with E-state index < -0.39 is 32.2 Å². The fraction of sp³-hybridized carbons (Fsp3) is 1.00. The fourth-order valence-electron chi connectivity index (χ4n) is 0.150. The van der Waals surface area contributed by atoms with E-state index in [1.165, 1.54) is 0 Å². The topological polar surface area (TPSA) is 127 Å².